The fraction of sp³-hybridized carbons (Fsp3) is 0.250. The second kappa shape index (κ2) is 6.86. The third kappa shape index (κ3) is 3.58. The maximum Gasteiger partial charge on any atom is 0.140 e. The molecule has 0 fully saturated rings. The first-order valence-electron chi connectivity index (χ1n) is 6.54. The average Bonchev–Trinajstić information content (AvgIpc) is 2.45. The van der Waals surface area contributed by atoms with Crippen molar-refractivity contribution < 1.29 is 9.13 Å². The normalized spacial score (nSPS) is 13.8. The molecule has 0 bridgehead atoms. The summed E-state index contributed by atoms with van der Waals surface area (Å²) >= 11 is 3.51. The fourth-order valence-electron chi connectivity index (χ4n) is 1.99. The molecule has 0 radical (unpaired) electrons. The molecule has 2 aromatic carbocycles. The van der Waals surface area contributed by atoms with Crippen LogP contribution < -0.4 is 10.5 Å². The van der Waals surface area contributed by atoms with Gasteiger partial charge in [-0.1, -0.05) is 47.1 Å². The maximum atomic E-state index is 13.3. The molecule has 0 saturated heterocycles. The topological polar surface area (TPSA) is 35.2 Å². The molecule has 2 aromatic rings. The SMILES string of the molecule is CCC(N)C(Oc1cccc(F)c1)c1ccccc1Br. The summed E-state index contributed by atoms with van der Waals surface area (Å²) < 4.78 is 20.1. The lowest BCUT2D eigenvalue weighted by molar-refractivity contribution is 0.169. The van der Waals surface area contributed by atoms with Gasteiger partial charge in [-0.2, -0.15) is 0 Å². The van der Waals surface area contributed by atoms with E-state index in [4.69, 9.17) is 10.5 Å². The summed E-state index contributed by atoms with van der Waals surface area (Å²) in [6.45, 7) is 2.00. The average molecular weight is 338 g/mol. The van der Waals surface area contributed by atoms with Crippen molar-refractivity contribution in [2.24, 2.45) is 5.73 Å². The number of nitrogens with two attached hydrogens (primary N) is 1. The monoisotopic (exact) mass is 337 g/mol. The minimum Gasteiger partial charge on any atom is -0.484 e. The van der Waals surface area contributed by atoms with Gasteiger partial charge in [0.2, 0.25) is 0 Å². The highest BCUT2D eigenvalue weighted by Gasteiger charge is 2.22. The van der Waals surface area contributed by atoms with E-state index < -0.39 is 0 Å². The van der Waals surface area contributed by atoms with Crippen LogP contribution in [0.25, 0.3) is 0 Å². The molecule has 0 aliphatic rings. The van der Waals surface area contributed by atoms with Gasteiger partial charge < -0.3 is 10.5 Å². The molecule has 0 spiro atoms. The smallest absolute Gasteiger partial charge is 0.140 e. The lowest BCUT2D eigenvalue weighted by atomic mass is 10.0. The lowest BCUT2D eigenvalue weighted by Gasteiger charge is -2.25. The molecule has 4 heteroatoms. The van der Waals surface area contributed by atoms with Crippen LogP contribution in [-0.2, 0) is 0 Å². The van der Waals surface area contributed by atoms with E-state index in [-0.39, 0.29) is 18.0 Å². The number of benzene rings is 2. The Morgan fingerprint density at radius 3 is 2.60 bits per heavy atom. The van der Waals surface area contributed by atoms with E-state index in [9.17, 15) is 4.39 Å². The molecule has 2 N–H and O–H groups in total. The van der Waals surface area contributed by atoms with Crippen molar-refractivity contribution in [1.82, 2.24) is 0 Å². The van der Waals surface area contributed by atoms with Crippen molar-refractivity contribution in [3.05, 3.63) is 64.4 Å². The van der Waals surface area contributed by atoms with E-state index in [1.807, 2.05) is 31.2 Å². The third-order valence-electron chi connectivity index (χ3n) is 3.13. The summed E-state index contributed by atoms with van der Waals surface area (Å²) in [5, 5.41) is 0. The fourth-order valence-corrected chi connectivity index (χ4v) is 2.50. The number of ether oxygens (including phenoxy) is 1. The molecule has 0 heterocycles. The van der Waals surface area contributed by atoms with Crippen LogP contribution in [0.2, 0.25) is 0 Å². The van der Waals surface area contributed by atoms with Crippen molar-refractivity contribution in [3.63, 3.8) is 0 Å². The zero-order valence-electron chi connectivity index (χ0n) is 11.2. The second-order valence-electron chi connectivity index (χ2n) is 4.59. The molecule has 20 heavy (non-hydrogen) atoms. The Kier molecular flexibility index (Phi) is 5.15. The summed E-state index contributed by atoms with van der Waals surface area (Å²) in [4.78, 5) is 0. The van der Waals surface area contributed by atoms with Gasteiger partial charge >= 0.3 is 0 Å². The minimum atomic E-state index is -0.322. The van der Waals surface area contributed by atoms with Gasteiger partial charge in [0.25, 0.3) is 0 Å². The number of hydrogen-bond acceptors (Lipinski definition) is 2. The zero-order chi connectivity index (χ0) is 14.5. The Hall–Kier alpha value is -1.39. The summed E-state index contributed by atoms with van der Waals surface area (Å²) in [7, 11) is 0. The molecule has 2 nitrogen and oxygen atoms in total. The Labute approximate surface area is 126 Å². The molecule has 106 valence electrons. The standard InChI is InChI=1S/C16H17BrFNO/c1-2-15(19)16(13-8-3-4-9-14(13)17)20-12-7-5-6-11(18)10-12/h3-10,15-16H,2,19H2,1H3. The molecule has 2 atom stereocenters. The number of rotatable bonds is 5. The van der Waals surface area contributed by atoms with Gasteiger partial charge in [0.1, 0.15) is 17.7 Å². The Morgan fingerprint density at radius 1 is 1.20 bits per heavy atom. The van der Waals surface area contributed by atoms with Crippen LogP contribution in [0.4, 0.5) is 4.39 Å². The summed E-state index contributed by atoms with van der Waals surface area (Å²) in [5.41, 5.74) is 7.13. The molecule has 2 rings (SSSR count). The van der Waals surface area contributed by atoms with Crippen LogP contribution in [0.1, 0.15) is 25.0 Å². The first-order chi connectivity index (χ1) is 9.61. The molecule has 0 aliphatic carbocycles. The molecule has 0 aromatic heterocycles. The maximum absolute atomic E-state index is 13.3. The summed E-state index contributed by atoms with van der Waals surface area (Å²) in [5.74, 6) is 0.160. The van der Waals surface area contributed by atoms with E-state index in [2.05, 4.69) is 15.9 Å². The first-order valence-corrected chi connectivity index (χ1v) is 7.33. The van der Waals surface area contributed by atoms with Crippen molar-refractivity contribution >= 4 is 15.9 Å². The predicted molar refractivity (Wildman–Crippen MR) is 82.2 cm³/mol. The van der Waals surface area contributed by atoms with Crippen LogP contribution in [0.15, 0.2) is 53.0 Å². The van der Waals surface area contributed by atoms with Gasteiger partial charge in [-0.3, -0.25) is 0 Å². The van der Waals surface area contributed by atoms with Gasteiger partial charge in [0.05, 0.1) is 0 Å². The number of hydrogen-bond donors (Lipinski definition) is 1. The molecule has 0 saturated carbocycles. The van der Waals surface area contributed by atoms with Crippen molar-refractivity contribution in [1.29, 1.82) is 0 Å². The summed E-state index contributed by atoms with van der Waals surface area (Å²) in [6, 6.07) is 13.7. The van der Waals surface area contributed by atoms with Crippen LogP contribution in [-0.4, -0.2) is 6.04 Å². The molecule has 0 amide bonds. The Morgan fingerprint density at radius 2 is 1.95 bits per heavy atom. The highest BCUT2D eigenvalue weighted by molar-refractivity contribution is 9.10. The quantitative estimate of drug-likeness (QED) is 0.874. The highest BCUT2D eigenvalue weighted by Crippen LogP contribution is 2.30. The van der Waals surface area contributed by atoms with Gasteiger partial charge in [-0.25, -0.2) is 4.39 Å². The van der Waals surface area contributed by atoms with Crippen molar-refractivity contribution in [2.75, 3.05) is 0 Å². The van der Waals surface area contributed by atoms with Gasteiger partial charge in [0.15, 0.2) is 0 Å². The van der Waals surface area contributed by atoms with Gasteiger partial charge in [0, 0.05) is 22.1 Å². The minimum absolute atomic E-state index is 0.169. The van der Waals surface area contributed by atoms with Crippen LogP contribution in [0.3, 0.4) is 0 Å². The molecular formula is C16H17BrFNO. The third-order valence-corrected chi connectivity index (χ3v) is 3.85. The Bertz CT molecular complexity index is 576. The van der Waals surface area contributed by atoms with Gasteiger partial charge in [-0.15, -0.1) is 0 Å². The van der Waals surface area contributed by atoms with E-state index in [1.165, 1.54) is 12.1 Å². The number of halogens is 2. The van der Waals surface area contributed by atoms with E-state index >= 15 is 0 Å². The Balaban J connectivity index is 2.32. The lowest BCUT2D eigenvalue weighted by Crippen LogP contribution is -2.31. The molecule has 0 aliphatic heterocycles. The van der Waals surface area contributed by atoms with Crippen molar-refractivity contribution in [2.45, 2.75) is 25.5 Å². The van der Waals surface area contributed by atoms with Crippen LogP contribution in [0.5, 0.6) is 5.75 Å². The van der Waals surface area contributed by atoms with Crippen LogP contribution >= 0.6 is 15.9 Å². The van der Waals surface area contributed by atoms with Crippen LogP contribution in [0, 0.1) is 5.82 Å². The highest BCUT2D eigenvalue weighted by atomic mass is 79.9. The second-order valence-corrected chi connectivity index (χ2v) is 5.44. The predicted octanol–water partition coefficient (Wildman–Crippen LogP) is 4.45. The van der Waals surface area contributed by atoms with Crippen molar-refractivity contribution in [3.8, 4) is 5.75 Å². The first kappa shape index (κ1) is 15.0. The van der Waals surface area contributed by atoms with E-state index in [1.54, 1.807) is 12.1 Å². The van der Waals surface area contributed by atoms with Gasteiger partial charge in [-0.05, 0) is 24.6 Å². The van der Waals surface area contributed by atoms with E-state index in [0.717, 1.165) is 16.5 Å². The molecule has 2 unspecified atom stereocenters. The zero-order valence-corrected chi connectivity index (χ0v) is 12.8. The largest absolute Gasteiger partial charge is 0.484 e. The summed E-state index contributed by atoms with van der Waals surface area (Å²) in [6.07, 6.45) is 0.443. The molecular weight excluding hydrogens is 321 g/mol. The van der Waals surface area contributed by atoms with E-state index in [0.29, 0.717) is 5.75 Å².